The van der Waals surface area contributed by atoms with Crippen LogP contribution in [0.25, 0.3) is 0 Å². The second-order valence-electron chi connectivity index (χ2n) is 5.49. The van der Waals surface area contributed by atoms with Crippen LogP contribution < -0.4 is 5.32 Å². The molecule has 0 radical (unpaired) electrons. The predicted octanol–water partition coefficient (Wildman–Crippen LogP) is 2.44. The highest BCUT2D eigenvalue weighted by Gasteiger charge is 2.25. The van der Waals surface area contributed by atoms with Gasteiger partial charge in [0.2, 0.25) is 0 Å². The van der Waals surface area contributed by atoms with Gasteiger partial charge in [-0.25, -0.2) is 0 Å². The molecule has 2 aliphatic rings. The number of benzene rings is 1. The molecule has 96 valence electrons. The lowest BCUT2D eigenvalue weighted by molar-refractivity contribution is -0.139. The molecule has 0 amide bonds. The number of rotatable bonds is 2. The van der Waals surface area contributed by atoms with E-state index >= 15 is 0 Å². The zero-order chi connectivity index (χ0) is 12.5. The van der Waals surface area contributed by atoms with Crippen molar-refractivity contribution in [2.75, 3.05) is 0 Å². The van der Waals surface area contributed by atoms with Crippen molar-refractivity contribution in [3.63, 3.8) is 0 Å². The second kappa shape index (κ2) is 4.73. The van der Waals surface area contributed by atoms with Crippen LogP contribution in [0.3, 0.4) is 0 Å². The van der Waals surface area contributed by atoms with Crippen molar-refractivity contribution in [2.24, 2.45) is 0 Å². The minimum absolute atomic E-state index is 0.421. The summed E-state index contributed by atoms with van der Waals surface area (Å²) in [7, 11) is 0. The molecule has 1 heterocycles. The molecular weight excluding hydrogens is 226 g/mol. The number of aliphatic carboxylic acids is 1. The molecule has 1 aromatic carbocycles. The molecular formula is C15H19NO2. The van der Waals surface area contributed by atoms with E-state index in [2.05, 4.69) is 23.5 Å². The van der Waals surface area contributed by atoms with Gasteiger partial charge in [0.15, 0.2) is 0 Å². The van der Waals surface area contributed by atoms with Gasteiger partial charge in [0.25, 0.3) is 0 Å². The first-order valence-electron chi connectivity index (χ1n) is 6.82. The van der Waals surface area contributed by atoms with Crippen molar-refractivity contribution in [1.82, 2.24) is 5.32 Å². The van der Waals surface area contributed by atoms with E-state index < -0.39 is 12.0 Å². The lowest BCUT2D eigenvalue weighted by atomic mass is 9.89. The van der Waals surface area contributed by atoms with Crippen LogP contribution in [0.1, 0.15) is 48.3 Å². The molecule has 0 saturated heterocycles. The Labute approximate surface area is 107 Å². The summed E-state index contributed by atoms with van der Waals surface area (Å²) in [5, 5.41) is 12.1. The standard InChI is InChI=1S/C15H19NO2/c17-15(18)14-8-12-6-5-11(7-13(12)9-16-14)10-3-1-2-4-10/h5-7,10,14,16H,1-4,8-9H2,(H,17,18)/t14-/m0/s1. The van der Waals surface area contributed by atoms with Gasteiger partial charge in [0, 0.05) is 6.54 Å². The van der Waals surface area contributed by atoms with Gasteiger partial charge >= 0.3 is 5.97 Å². The zero-order valence-corrected chi connectivity index (χ0v) is 10.5. The Morgan fingerprint density at radius 2 is 2.00 bits per heavy atom. The van der Waals surface area contributed by atoms with Crippen molar-refractivity contribution in [3.05, 3.63) is 34.9 Å². The number of hydrogen-bond donors (Lipinski definition) is 2. The minimum Gasteiger partial charge on any atom is -0.480 e. The molecule has 1 fully saturated rings. The van der Waals surface area contributed by atoms with Gasteiger partial charge in [-0.05, 0) is 41.9 Å². The average molecular weight is 245 g/mol. The van der Waals surface area contributed by atoms with Gasteiger partial charge in [0.05, 0.1) is 0 Å². The fourth-order valence-electron chi connectivity index (χ4n) is 3.22. The zero-order valence-electron chi connectivity index (χ0n) is 10.5. The summed E-state index contributed by atoms with van der Waals surface area (Å²) < 4.78 is 0. The quantitative estimate of drug-likeness (QED) is 0.841. The van der Waals surface area contributed by atoms with E-state index in [0.29, 0.717) is 13.0 Å². The molecule has 0 spiro atoms. The molecule has 1 aliphatic heterocycles. The molecule has 3 heteroatoms. The van der Waals surface area contributed by atoms with Gasteiger partial charge in [-0.3, -0.25) is 4.79 Å². The summed E-state index contributed by atoms with van der Waals surface area (Å²) in [6.07, 6.45) is 5.92. The van der Waals surface area contributed by atoms with Crippen LogP contribution in [0.5, 0.6) is 0 Å². The maximum atomic E-state index is 11.0. The SMILES string of the molecule is O=C(O)[C@@H]1Cc2ccc(C3CCCC3)cc2CN1. The Bertz CT molecular complexity index is 464. The van der Waals surface area contributed by atoms with Gasteiger partial charge in [0.1, 0.15) is 6.04 Å². The summed E-state index contributed by atoms with van der Waals surface area (Å²) >= 11 is 0. The molecule has 3 rings (SSSR count). The largest absolute Gasteiger partial charge is 0.480 e. The van der Waals surface area contributed by atoms with E-state index in [1.165, 1.54) is 42.4 Å². The number of carboxylic acids is 1. The first kappa shape index (κ1) is 11.7. The summed E-state index contributed by atoms with van der Waals surface area (Å²) in [6.45, 7) is 0.687. The van der Waals surface area contributed by atoms with Crippen molar-refractivity contribution in [1.29, 1.82) is 0 Å². The Hall–Kier alpha value is -1.35. The maximum Gasteiger partial charge on any atom is 0.321 e. The normalized spacial score (nSPS) is 23.9. The van der Waals surface area contributed by atoms with Crippen molar-refractivity contribution < 1.29 is 9.90 Å². The monoisotopic (exact) mass is 245 g/mol. The van der Waals surface area contributed by atoms with Crippen LogP contribution in [-0.2, 0) is 17.8 Å². The Morgan fingerprint density at radius 1 is 1.22 bits per heavy atom. The van der Waals surface area contributed by atoms with Crippen LogP contribution in [0.15, 0.2) is 18.2 Å². The smallest absolute Gasteiger partial charge is 0.321 e. The predicted molar refractivity (Wildman–Crippen MR) is 69.6 cm³/mol. The topological polar surface area (TPSA) is 49.3 Å². The molecule has 0 aromatic heterocycles. The Morgan fingerprint density at radius 3 is 2.72 bits per heavy atom. The number of nitrogens with one attached hydrogen (secondary N) is 1. The maximum absolute atomic E-state index is 11.0. The van der Waals surface area contributed by atoms with E-state index in [-0.39, 0.29) is 0 Å². The number of fused-ring (bicyclic) bond motifs is 1. The fraction of sp³-hybridized carbons (Fsp3) is 0.533. The highest BCUT2D eigenvalue weighted by atomic mass is 16.4. The summed E-state index contributed by atoms with van der Waals surface area (Å²) in [5.41, 5.74) is 3.93. The molecule has 0 bridgehead atoms. The third-order valence-electron chi connectivity index (χ3n) is 4.32. The van der Waals surface area contributed by atoms with Gasteiger partial charge in [-0.2, -0.15) is 0 Å². The molecule has 0 unspecified atom stereocenters. The molecule has 2 N–H and O–H groups in total. The number of carboxylic acid groups (broad SMARTS) is 1. The molecule has 18 heavy (non-hydrogen) atoms. The third-order valence-corrected chi connectivity index (χ3v) is 4.32. The van der Waals surface area contributed by atoms with Crippen LogP contribution in [0.2, 0.25) is 0 Å². The second-order valence-corrected chi connectivity index (χ2v) is 5.49. The molecule has 1 atom stereocenters. The van der Waals surface area contributed by atoms with E-state index in [1.54, 1.807) is 0 Å². The van der Waals surface area contributed by atoms with Gasteiger partial charge in [-0.15, -0.1) is 0 Å². The van der Waals surface area contributed by atoms with Gasteiger partial charge in [-0.1, -0.05) is 31.0 Å². The molecule has 1 aromatic rings. The van der Waals surface area contributed by atoms with Crippen LogP contribution in [-0.4, -0.2) is 17.1 Å². The highest BCUT2D eigenvalue weighted by Crippen LogP contribution is 2.35. The average Bonchev–Trinajstić information content (AvgIpc) is 2.91. The third kappa shape index (κ3) is 2.15. The van der Waals surface area contributed by atoms with Crippen molar-refractivity contribution >= 4 is 5.97 Å². The van der Waals surface area contributed by atoms with Gasteiger partial charge < -0.3 is 10.4 Å². The van der Waals surface area contributed by atoms with Crippen molar-refractivity contribution in [2.45, 2.75) is 50.6 Å². The van der Waals surface area contributed by atoms with Crippen LogP contribution in [0, 0.1) is 0 Å². The van der Waals surface area contributed by atoms with Crippen LogP contribution >= 0.6 is 0 Å². The van der Waals surface area contributed by atoms with Crippen molar-refractivity contribution in [3.8, 4) is 0 Å². The highest BCUT2D eigenvalue weighted by molar-refractivity contribution is 5.74. The molecule has 3 nitrogen and oxygen atoms in total. The summed E-state index contributed by atoms with van der Waals surface area (Å²) in [4.78, 5) is 11.0. The first-order valence-corrected chi connectivity index (χ1v) is 6.82. The number of hydrogen-bond acceptors (Lipinski definition) is 2. The Balaban J connectivity index is 1.82. The van der Waals surface area contributed by atoms with E-state index in [0.717, 1.165) is 5.92 Å². The molecule has 1 aliphatic carbocycles. The summed E-state index contributed by atoms with van der Waals surface area (Å²) in [5.74, 6) is -0.0204. The fourth-order valence-corrected chi connectivity index (χ4v) is 3.22. The van der Waals surface area contributed by atoms with E-state index in [9.17, 15) is 4.79 Å². The van der Waals surface area contributed by atoms with E-state index in [1.807, 2.05) is 0 Å². The summed E-state index contributed by atoms with van der Waals surface area (Å²) in [6, 6.07) is 6.21. The first-order chi connectivity index (χ1) is 8.74. The lowest BCUT2D eigenvalue weighted by Gasteiger charge is -2.24. The number of carbonyl (C=O) groups is 1. The lowest BCUT2D eigenvalue weighted by Crippen LogP contribution is -2.41. The minimum atomic E-state index is -0.750. The molecule has 1 saturated carbocycles. The Kier molecular flexibility index (Phi) is 3.08. The van der Waals surface area contributed by atoms with Crippen LogP contribution in [0.4, 0.5) is 0 Å². The van der Waals surface area contributed by atoms with E-state index in [4.69, 9.17) is 5.11 Å².